The molecule has 0 aliphatic heterocycles. The number of nitrogens with one attached hydrogen (secondary N) is 2. The van der Waals surface area contributed by atoms with Crippen molar-refractivity contribution in [2.75, 3.05) is 0 Å². The number of amides is 1. The standard InChI is InChI=1S/C20H18ClFN4O3S/c1-13-7-15(12-26-30(28,29)16-4-5-18(22)17(21)8-16)11-24-19(13)20(27)25-10-14-3-2-6-23-9-14/h2-9,11,26H,10,12H2,1H3,(H,25,27). The summed E-state index contributed by atoms with van der Waals surface area (Å²) in [4.78, 5) is 20.4. The molecule has 7 nitrogen and oxygen atoms in total. The molecule has 30 heavy (non-hydrogen) atoms. The minimum absolute atomic E-state index is 0.0528. The summed E-state index contributed by atoms with van der Waals surface area (Å²) in [6.07, 6.45) is 4.73. The molecule has 10 heteroatoms. The number of sulfonamides is 1. The molecule has 0 atom stereocenters. The fraction of sp³-hybridized carbons (Fsp3) is 0.150. The van der Waals surface area contributed by atoms with Gasteiger partial charge >= 0.3 is 0 Å². The molecule has 2 N–H and O–H groups in total. The van der Waals surface area contributed by atoms with Gasteiger partial charge in [0.15, 0.2) is 0 Å². The number of nitrogens with zero attached hydrogens (tertiary/aromatic N) is 2. The van der Waals surface area contributed by atoms with Crippen molar-refractivity contribution in [3.05, 3.63) is 88.2 Å². The molecule has 3 aromatic rings. The average molecular weight is 449 g/mol. The van der Waals surface area contributed by atoms with E-state index >= 15 is 0 Å². The molecule has 0 bridgehead atoms. The first-order valence-corrected chi connectivity index (χ1v) is 10.7. The summed E-state index contributed by atoms with van der Waals surface area (Å²) in [5, 5.41) is 2.49. The van der Waals surface area contributed by atoms with Crippen LogP contribution in [0.1, 0.15) is 27.2 Å². The van der Waals surface area contributed by atoms with Gasteiger partial charge in [0.25, 0.3) is 5.91 Å². The van der Waals surface area contributed by atoms with Crippen LogP contribution in [0.15, 0.2) is 59.9 Å². The molecule has 0 saturated heterocycles. The molecule has 156 valence electrons. The number of hydrogen-bond acceptors (Lipinski definition) is 5. The lowest BCUT2D eigenvalue weighted by molar-refractivity contribution is 0.0945. The predicted molar refractivity (Wildman–Crippen MR) is 110 cm³/mol. The van der Waals surface area contributed by atoms with Crippen LogP contribution in [0.4, 0.5) is 4.39 Å². The quantitative estimate of drug-likeness (QED) is 0.578. The number of benzene rings is 1. The van der Waals surface area contributed by atoms with Crippen LogP contribution in [-0.2, 0) is 23.1 Å². The molecule has 0 radical (unpaired) electrons. The van der Waals surface area contributed by atoms with Crippen molar-refractivity contribution in [3.8, 4) is 0 Å². The highest BCUT2D eigenvalue weighted by molar-refractivity contribution is 7.89. The Morgan fingerprint density at radius 3 is 2.60 bits per heavy atom. The molecule has 2 aromatic heterocycles. The topological polar surface area (TPSA) is 101 Å². The zero-order valence-corrected chi connectivity index (χ0v) is 17.5. The molecule has 0 aliphatic rings. The van der Waals surface area contributed by atoms with Gasteiger partial charge in [-0.3, -0.25) is 14.8 Å². The normalized spacial score (nSPS) is 11.3. The summed E-state index contributed by atoms with van der Waals surface area (Å²) in [5.41, 5.74) is 2.26. The van der Waals surface area contributed by atoms with Crippen molar-refractivity contribution in [2.24, 2.45) is 0 Å². The Morgan fingerprint density at radius 2 is 1.93 bits per heavy atom. The second-order valence-corrected chi connectivity index (χ2v) is 8.63. The van der Waals surface area contributed by atoms with Crippen LogP contribution in [0.25, 0.3) is 0 Å². The van der Waals surface area contributed by atoms with Gasteiger partial charge in [-0.15, -0.1) is 0 Å². The highest BCUT2D eigenvalue weighted by atomic mass is 35.5. The third-order valence-corrected chi connectivity index (χ3v) is 5.88. The fourth-order valence-electron chi connectivity index (χ4n) is 2.64. The molecule has 0 spiro atoms. The molecule has 3 rings (SSSR count). The fourth-order valence-corrected chi connectivity index (χ4v) is 3.93. The molecule has 0 fully saturated rings. The van der Waals surface area contributed by atoms with Gasteiger partial charge in [0, 0.05) is 31.7 Å². The maximum Gasteiger partial charge on any atom is 0.270 e. The van der Waals surface area contributed by atoms with Gasteiger partial charge in [-0.25, -0.2) is 17.5 Å². The highest BCUT2D eigenvalue weighted by Gasteiger charge is 2.17. The van der Waals surface area contributed by atoms with Crippen LogP contribution in [0.2, 0.25) is 5.02 Å². The number of halogens is 2. The van der Waals surface area contributed by atoms with Gasteiger partial charge < -0.3 is 5.32 Å². The van der Waals surface area contributed by atoms with Gasteiger partial charge in [0.05, 0.1) is 9.92 Å². The summed E-state index contributed by atoms with van der Waals surface area (Å²) in [7, 11) is -3.89. The Labute approximate surface area is 178 Å². The predicted octanol–water partition coefficient (Wildman–Crippen LogP) is 2.99. The van der Waals surface area contributed by atoms with E-state index in [1.807, 2.05) is 6.07 Å². The number of aromatic nitrogens is 2. The molecular formula is C20H18ClFN4O3S. The van der Waals surface area contributed by atoms with Gasteiger partial charge in [-0.1, -0.05) is 23.7 Å². The van der Waals surface area contributed by atoms with Crippen LogP contribution in [0.3, 0.4) is 0 Å². The zero-order chi connectivity index (χ0) is 21.7. The van der Waals surface area contributed by atoms with Crippen LogP contribution in [0.5, 0.6) is 0 Å². The van der Waals surface area contributed by atoms with Gasteiger partial charge in [0.1, 0.15) is 11.5 Å². The summed E-state index contributed by atoms with van der Waals surface area (Å²) >= 11 is 5.65. The average Bonchev–Trinajstić information content (AvgIpc) is 2.73. The van der Waals surface area contributed by atoms with E-state index in [2.05, 4.69) is 20.0 Å². The smallest absolute Gasteiger partial charge is 0.270 e. The van der Waals surface area contributed by atoms with E-state index in [-0.39, 0.29) is 28.1 Å². The van der Waals surface area contributed by atoms with Gasteiger partial charge in [0.2, 0.25) is 10.0 Å². The molecule has 0 aliphatic carbocycles. The molecule has 0 saturated carbocycles. The van der Waals surface area contributed by atoms with E-state index in [9.17, 15) is 17.6 Å². The summed E-state index contributed by atoms with van der Waals surface area (Å²) < 4.78 is 40.4. The Kier molecular flexibility index (Phi) is 6.76. The van der Waals surface area contributed by atoms with Crippen LogP contribution in [-0.4, -0.2) is 24.3 Å². The lowest BCUT2D eigenvalue weighted by Gasteiger charge is -2.10. The monoisotopic (exact) mass is 448 g/mol. The van der Waals surface area contributed by atoms with Crippen molar-refractivity contribution in [1.29, 1.82) is 0 Å². The van der Waals surface area contributed by atoms with E-state index in [1.54, 1.807) is 31.5 Å². The van der Waals surface area contributed by atoms with E-state index in [4.69, 9.17) is 11.6 Å². The van der Waals surface area contributed by atoms with Crippen LogP contribution in [0, 0.1) is 12.7 Å². The second kappa shape index (κ2) is 9.29. The molecule has 0 unspecified atom stereocenters. The van der Waals surface area contributed by atoms with Crippen molar-refractivity contribution in [2.45, 2.75) is 24.9 Å². The number of hydrogen-bond donors (Lipinski definition) is 2. The summed E-state index contributed by atoms with van der Waals surface area (Å²) in [6, 6.07) is 8.45. The van der Waals surface area contributed by atoms with E-state index < -0.39 is 15.8 Å². The number of carbonyl (C=O) groups is 1. The Hall–Kier alpha value is -2.88. The van der Waals surface area contributed by atoms with Crippen molar-refractivity contribution in [3.63, 3.8) is 0 Å². The van der Waals surface area contributed by atoms with Crippen LogP contribution >= 0.6 is 11.6 Å². The highest BCUT2D eigenvalue weighted by Crippen LogP contribution is 2.19. The number of aryl methyl sites for hydroxylation is 1. The Balaban J connectivity index is 1.64. The second-order valence-electron chi connectivity index (χ2n) is 6.45. The minimum Gasteiger partial charge on any atom is -0.347 e. The maximum absolute atomic E-state index is 13.2. The Bertz CT molecular complexity index is 1170. The Morgan fingerprint density at radius 1 is 1.13 bits per heavy atom. The van der Waals surface area contributed by atoms with Crippen molar-refractivity contribution >= 4 is 27.5 Å². The van der Waals surface area contributed by atoms with E-state index in [1.165, 1.54) is 6.20 Å². The SMILES string of the molecule is Cc1cc(CNS(=O)(=O)c2ccc(F)c(Cl)c2)cnc1C(=O)NCc1cccnc1. The van der Waals surface area contributed by atoms with Gasteiger partial charge in [-0.05, 0) is 47.9 Å². The van der Waals surface area contributed by atoms with E-state index in [0.717, 1.165) is 23.8 Å². The van der Waals surface area contributed by atoms with Gasteiger partial charge in [-0.2, -0.15) is 0 Å². The lowest BCUT2D eigenvalue weighted by atomic mass is 10.1. The summed E-state index contributed by atoms with van der Waals surface area (Å²) in [6.45, 7) is 1.97. The first-order chi connectivity index (χ1) is 14.3. The number of pyridine rings is 2. The third-order valence-electron chi connectivity index (χ3n) is 4.19. The summed E-state index contributed by atoms with van der Waals surface area (Å²) in [5.74, 6) is -1.04. The largest absolute Gasteiger partial charge is 0.347 e. The third kappa shape index (κ3) is 5.38. The maximum atomic E-state index is 13.2. The minimum atomic E-state index is -3.89. The molecule has 1 amide bonds. The first-order valence-electron chi connectivity index (χ1n) is 8.83. The number of carbonyl (C=O) groups excluding carboxylic acids is 1. The van der Waals surface area contributed by atoms with E-state index in [0.29, 0.717) is 17.7 Å². The lowest BCUT2D eigenvalue weighted by Crippen LogP contribution is -2.26. The molecule has 1 aromatic carbocycles. The number of rotatable bonds is 7. The first kappa shape index (κ1) is 21.8. The molecule has 2 heterocycles. The molecular weight excluding hydrogens is 431 g/mol. The van der Waals surface area contributed by atoms with Crippen molar-refractivity contribution < 1.29 is 17.6 Å². The van der Waals surface area contributed by atoms with Crippen LogP contribution < -0.4 is 10.0 Å². The van der Waals surface area contributed by atoms with Crippen molar-refractivity contribution in [1.82, 2.24) is 20.0 Å². The zero-order valence-electron chi connectivity index (χ0n) is 15.9.